The van der Waals surface area contributed by atoms with E-state index in [2.05, 4.69) is 26.2 Å². The zero-order valence-electron chi connectivity index (χ0n) is 16.0. The molecule has 27 heavy (non-hydrogen) atoms. The van der Waals surface area contributed by atoms with Crippen molar-refractivity contribution >= 4 is 28.0 Å². The molecule has 1 saturated heterocycles. The van der Waals surface area contributed by atoms with E-state index < -0.39 is 0 Å². The molecule has 3 N–H and O–H groups in total. The van der Waals surface area contributed by atoms with Gasteiger partial charge in [-0.1, -0.05) is 15.9 Å². The molecule has 9 heteroatoms. The molecule has 1 amide bonds. The van der Waals surface area contributed by atoms with Gasteiger partial charge in [0.1, 0.15) is 0 Å². The summed E-state index contributed by atoms with van der Waals surface area (Å²) in [6.07, 6.45) is 1.35. The minimum Gasteiger partial charge on any atom is -0.493 e. The average molecular weight is 443 g/mol. The Balaban J connectivity index is 1.89. The van der Waals surface area contributed by atoms with Gasteiger partial charge in [-0.05, 0) is 37.5 Å². The zero-order valence-corrected chi connectivity index (χ0v) is 17.5. The number of halogens is 1. The largest absolute Gasteiger partial charge is 0.493 e. The Hall–Kier alpha value is -2.16. The van der Waals surface area contributed by atoms with Gasteiger partial charge in [0, 0.05) is 23.6 Å². The number of piperidine rings is 1. The maximum atomic E-state index is 11.7. The lowest BCUT2D eigenvalue weighted by atomic mass is 10.1. The number of nitrogens with zero attached hydrogens (tertiary/aromatic N) is 2. The number of carbonyl (C=O) groups is 1. The van der Waals surface area contributed by atoms with Crippen LogP contribution in [0.1, 0.15) is 25.3 Å². The van der Waals surface area contributed by atoms with Crippen LogP contribution in [0.4, 0.5) is 4.79 Å². The van der Waals surface area contributed by atoms with E-state index >= 15 is 0 Å². The van der Waals surface area contributed by atoms with Crippen LogP contribution in [0.25, 0.3) is 0 Å². The number of ether oxygens (including phenoxy) is 3. The summed E-state index contributed by atoms with van der Waals surface area (Å²) in [4.78, 5) is 17.9. The van der Waals surface area contributed by atoms with Gasteiger partial charge >= 0.3 is 6.09 Å². The first-order valence-electron chi connectivity index (χ1n) is 8.87. The van der Waals surface area contributed by atoms with E-state index in [0.29, 0.717) is 43.7 Å². The Morgan fingerprint density at radius 3 is 2.52 bits per heavy atom. The molecule has 1 aromatic rings. The maximum absolute atomic E-state index is 11.7. The Bertz CT molecular complexity index is 676. The number of methoxy groups -OCH3 is 2. The van der Waals surface area contributed by atoms with E-state index in [1.807, 2.05) is 12.1 Å². The molecule has 0 aliphatic carbocycles. The van der Waals surface area contributed by atoms with Crippen molar-refractivity contribution in [2.75, 3.05) is 33.9 Å². The van der Waals surface area contributed by atoms with Gasteiger partial charge in [-0.3, -0.25) is 0 Å². The van der Waals surface area contributed by atoms with Crippen LogP contribution in [0.2, 0.25) is 0 Å². The summed E-state index contributed by atoms with van der Waals surface area (Å²) in [5.74, 6) is 1.67. The van der Waals surface area contributed by atoms with E-state index in [-0.39, 0.29) is 12.1 Å². The average Bonchev–Trinajstić information content (AvgIpc) is 2.67. The van der Waals surface area contributed by atoms with Crippen LogP contribution >= 0.6 is 15.9 Å². The number of rotatable bonds is 6. The van der Waals surface area contributed by atoms with Crippen LogP contribution in [0.3, 0.4) is 0 Å². The number of likely N-dealkylation sites (tertiary alicyclic amines) is 1. The Morgan fingerprint density at radius 1 is 1.30 bits per heavy atom. The predicted molar refractivity (Wildman–Crippen MR) is 107 cm³/mol. The van der Waals surface area contributed by atoms with E-state index in [1.54, 1.807) is 26.0 Å². The summed E-state index contributed by atoms with van der Waals surface area (Å²) in [6.45, 7) is 3.89. The second-order valence-electron chi connectivity index (χ2n) is 6.10. The first kappa shape index (κ1) is 21.1. The summed E-state index contributed by atoms with van der Waals surface area (Å²) >= 11 is 3.52. The number of guanidine groups is 1. The molecular weight excluding hydrogens is 416 g/mol. The topological polar surface area (TPSA) is 98.4 Å². The Morgan fingerprint density at radius 2 is 1.93 bits per heavy atom. The maximum Gasteiger partial charge on any atom is 0.409 e. The second kappa shape index (κ2) is 10.2. The van der Waals surface area contributed by atoms with Crippen LogP contribution in [-0.4, -0.2) is 56.9 Å². The number of amides is 1. The number of aliphatic imine (C=N–C) groups is 1. The van der Waals surface area contributed by atoms with Crippen LogP contribution in [-0.2, 0) is 11.3 Å². The van der Waals surface area contributed by atoms with E-state index in [9.17, 15) is 4.79 Å². The highest BCUT2D eigenvalue weighted by atomic mass is 79.9. The van der Waals surface area contributed by atoms with Gasteiger partial charge in [0.25, 0.3) is 0 Å². The van der Waals surface area contributed by atoms with Crippen LogP contribution in [0.15, 0.2) is 21.6 Å². The van der Waals surface area contributed by atoms with Gasteiger partial charge in [-0.15, -0.1) is 0 Å². The van der Waals surface area contributed by atoms with Crippen molar-refractivity contribution in [3.63, 3.8) is 0 Å². The molecule has 1 heterocycles. The SMILES string of the molecule is CCOC(=O)N1CCC(NC(N)=NCc2cc(OC)c(OC)cc2Br)CC1. The fourth-order valence-corrected chi connectivity index (χ4v) is 3.31. The van der Waals surface area contributed by atoms with Crippen LogP contribution in [0, 0.1) is 0 Å². The van der Waals surface area contributed by atoms with Crippen molar-refractivity contribution in [3.8, 4) is 11.5 Å². The number of hydrogen-bond acceptors (Lipinski definition) is 5. The van der Waals surface area contributed by atoms with Gasteiger partial charge in [-0.2, -0.15) is 0 Å². The highest BCUT2D eigenvalue weighted by Crippen LogP contribution is 2.33. The first-order valence-corrected chi connectivity index (χ1v) is 9.66. The summed E-state index contributed by atoms with van der Waals surface area (Å²) in [5.41, 5.74) is 6.97. The van der Waals surface area contributed by atoms with Gasteiger partial charge < -0.3 is 30.2 Å². The molecule has 0 atom stereocenters. The summed E-state index contributed by atoms with van der Waals surface area (Å²) in [6, 6.07) is 3.91. The molecule has 2 rings (SSSR count). The lowest BCUT2D eigenvalue weighted by Gasteiger charge is -2.31. The first-order chi connectivity index (χ1) is 13.0. The number of hydrogen-bond donors (Lipinski definition) is 2. The molecule has 0 bridgehead atoms. The normalized spacial score (nSPS) is 15.4. The zero-order chi connectivity index (χ0) is 19.8. The van der Waals surface area contributed by atoms with Crippen LogP contribution < -0.4 is 20.5 Å². The lowest BCUT2D eigenvalue weighted by molar-refractivity contribution is 0.0963. The third-order valence-electron chi connectivity index (χ3n) is 4.35. The molecule has 0 saturated carbocycles. The van der Waals surface area contributed by atoms with Crippen molar-refractivity contribution in [2.24, 2.45) is 10.7 Å². The van der Waals surface area contributed by atoms with Gasteiger partial charge in [0.2, 0.25) is 0 Å². The number of carbonyl (C=O) groups excluding carboxylic acids is 1. The molecule has 1 aromatic carbocycles. The third kappa shape index (κ3) is 5.92. The number of nitrogens with two attached hydrogens (primary N) is 1. The van der Waals surface area contributed by atoms with Crippen molar-refractivity contribution in [1.82, 2.24) is 10.2 Å². The minimum atomic E-state index is -0.254. The van der Waals surface area contributed by atoms with E-state index in [1.165, 1.54) is 0 Å². The van der Waals surface area contributed by atoms with E-state index in [0.717, 1.165) is 22.9 Å². The molecule has 1 fully saturated rings. The minimum absolute atomic E-state index is 0.188. The van der Waals surface area contributed by atoms with Crippen LogP contribution in [0.5, 0.6) is 11.5 Å². The van der Waals surface area contributed by atoms with Crippen molar-refractivity contribution in [1.29, 1.82) is 0 Å². The summed E-state index contributed by atoms with van der Waals surface area (Å²) < 4.78 is 16.5. The highest BCUT2D eigenvalue weighted by molar-refractivity contribution is 9.10. The van der Waals surface area contributed by atoms with Crippen molar-refractivity contribution < 1.29 is 19.0 Å². The highest BCUT2D eigenvalue weighted by Gasteiger charge is 2.23. The molecule has 1 aliphatic rings. The molecule has 0 radical (unpaired) electrons. The fourth-order valence-electron chi connectivity index (χ4n) is 2.86. The predicted octanol–water partition coefficient (Wildman–Crippen LogP) is 2.49. The molecule has 0 unspecified atom stereocenters. The lowest BCUT2D eigenvalue weighted by Crippen LogP contribution is -2.48. The fraction of sp³-hybridized carbons (Fsp3) is 0.556. The van der Waals surface area contributed by atoms with E-state index in [4.69, 9.17) is 19.9 Å². The third-order valence-corrected chi connectivity index (χ3v) is 5.08. The van der Waals surface area contributed by atoms with Gasteiger partial charge in [0.15, 0.2) is 17.5 Å². The van der Waals surface area contributed by atoms with Gasteiger partial charge in [0.05, 0.1) is 27.4 Å². The number of benzene rings is 1. The monoisotopic (exact) mass is 442 g/mol. The molecular formula is C18H27BrN4O4. The molecule has 0 aromatic heterocycles. The second-order valence-corrected chi connectivity index (χ2v) is 6.96. The van der Waals surface area contributed by atoms with Crippen molar-refractivity contribution in [2.45, 2.75) is 32.4 Å². The molecule has 1 aliphatic heterocycles. The Kier molecular flexibility index (Phi) is 8.02. The molecule has 0 spiro atoms. The number of nitrogens with one attached hydrogen (secondary N) is 1. The van der Waals surface area contributed by atoms with Crippen molar-refractivity contribution in [3.05, 3.63) is 22.2 Å². The molecule has 150 valence electrons. The van der Waals surface area contributed by atoms with Gasteiger partial charge in [-0.25, -0.2) is 9.79 Å². The molecule has 8 nitrogen and oxygen atoms in total. The smallest absolute Gasteiger partial charge is 0.409 e. The summed E-state index contributed by atoms with van der Waals surface area (Å²) in [7, 11) is 3.19. The summed E-state index contributed by atoms with van der Waals surface area (Å²) in [5, 5.41) is 3.23. The Labute approximate surface area is 168 Å². The standard InChI is InChI=1S/C18H27BrN4O4/c1-4-27-18(24)23-7-5-13(6-8-23)22-17(20)21-11-12-9-15(25-2)16(26-3)10-14(12)19/h9-10,13H,4-8,11H2,1-3H3,(H3,20,21,22). The quantitative estimate of drug-likeness (QED) is 0.518.